The van der Waals surface area contributed by atoms with Crippen molar-refractivity contribution in [3.05, 3.63) is 46.7 Å². The minimum Gasteiger partial charge on any atom is -0.455 e. The standard InChI is InChI=1S/C13H8BrF4NO2/c14-9-6-8(2-4-11(9)21-13(16,17)18)20-12-3-1-7(15)5-10(12)19/h1-6H,19H2. The van der Waals surface area contributed by atoms with Crippen LogP contribution in [0.15, 0.2) is 40.9 Å². The molecule has 2 rings (SSSR count). The van der Waals surface area contributed by atoms with Gasteiger partial charge in [0.25, 0.3) is 0 Å². The monoisotopic (exact) mass is 365 g/mol. The molecule has 0 aromatic heterocycles. The third-order valence-corrected chi connectivity index (χ3v) is 2.95. The van der Waals surface area contributed by atoms with E-state index in [2.05, 4.69) is 20.7 Å². The molecule has 0 spiro atoms. The van der Waals surface area contributed by atoms with Crippen molar-refractivity contribution >= 4 is 21.6 Å². The Labute approximate surface area is 125 Å². The van der Waals surface area contributed by atoms with E-state index in [1.165, 1.54) is 18.2 Å². The van der Waals surface area contributed by atoms with Crippen LogP contribution in [0.4, 0.5) is 23.2 Å². The van der Waals surface area contributed by atoms with E-state index in [-0.39, 0.29) is 21.7 Å². The summed E-state index contributed by atoms with van der Waals surface area (Å²) < 4.78 is 58.5. The fourth-order valence-electron chi connectivity index (χ4n) is 1.49. The van der Waals surface area contributed by atoms with Crippen molar-refractivity contribution < 1.29 is 27.0 Å². The first-order valence-corrected chi connectivity index (χ1v) is 6.32. The molecule has 21 heavy (non-hydrogen) atoms. The smallest absolute Gasteiger partial charge is 0.455 e. The van der Waals surface area contributed by atoms with E-state index in [0.717, 1.165) is 18.2 Å². The lowest BCUT2D eigenvalue weighted by Crippen LogP contribution is -2.17. The summed E-state index contributed by atoms with van der Waals surface area (Å²) in [5, 5.41) is 0. The summed E-state index contributed by atoms with van der Waals surface area (Å²) in [7, 11) is 0. The van der Waals surface area contributed by atoms with Crippen molar-refractivity contribution in [2.75, 3.05) is 5.73 Å². The highest BCUT2D eigenvalue weighted by Crippen LogP contribution is 2.35. The van der Waals surface area contributed by atoms with Crippen molar-refractivity contribution in [3.8, 4) is 17.2 Å². The number of anilines is 1. The van der Waals surface area contributed by atoms with Crippen LogP contribution >= 0.6 is 15.9 Å². The van der Waals surface area contributed by atoms with Gasteiger partial charge in [-0.1, -0.05) is 0 Å². The van der Waals surface area contributed by atoms with Gasteiger partial charge in [0.15, 0.2) is 5.75 Å². The first kappa shape index (κ1) is 15.4. The van der Waals surface area contributed by atoms with Crippen LogP contribution in [0.2, 0.25) is 0 Å². The van der Waals surface area contributed by atoms with E-state index in [0.29, 0.717) is 0 Å². The lowest BCUT2D eigenvalue weighted by atomic mass is 10.3. The van der Waals surface area contributed by atoms with Crippen LogP contribution in [-0.2, 0) is 0 Å². The second-order valence-electron chi connectivity index (χ2n) is 3.92. The quantitative estimate of drug-likeness (QED) is 0.623. The van der Waals surface area contributed by atoms with E-state index in [1.54, 1.807) is 0 Å². The highest BCUT2D eigenvalue weighted by Gasteiger charge is 2.32. The van der Waals surface area contributed by atoms with Gasteiger partial charge in [-0.05, 0) is 46.3 Å². The van der Waals surface area contributed by atoms with Crippen molar-refractivity contribution in [1.82, 2.24) is 0 Å². The molecule has 0 bridgehead atoms. The number of alkyl halides is 3. The van der Waals surface area contributed by atoms with Crippen LogP contribution in [0.25, 0.3) is 0 Å². The molecule has 2 N–H and O–H groups in total. The maximum Gasteiger partial charge on any atom is 0.573 e. The molecule has 0 aliphatic rings. The molecule has 0 amide bonds. The molecule has 0 radical (unpaired) electrons. The second kappa shape index (κ2) is 5.80. The van der Waals surface area contributed by atoms with E-state index in [1.807, 2.05) is 0 Å². The zero-order chi connectivity index (χ0) is 15.6. The van der Waals surface area contributed by atoms with Gasteiger partial charge in [-0.15, -0.1) is 13.2 Å². The Hall–Kier alpha value is -1.96. The number of nitrogen functional groups attached to an aromatic ring is 1. The molecular formula is C13H8BrF4NO2. The molecule has 0 fully saturated rings. The average Bonchev–Trinajstić information content (AvgIpc) is 2.35. The molecule has 0 atom stereocenters. The highest BCUT2D eigenvalue weighted by atomic mass is 79.9. The number of ether oxygens (including phenoxy) is 2. The Kier molecular flexibility index (Phi) is 4.26. The van der Waals surface area contributed by atoms with Gasteiger partial charge in [0, 0.05) is 6.07 Å². The summed E-state index contributed by atoms with van der Waals surface area (Å²) in [6, 6.07) is 7.19. The molecule has 112 valence electrons. The normalized spacial score (nSPS) is 11.3. The van der Waals surface area contributed by atoms with E-state index >= 15 is 0 Å². The zero-order valence-electron chi connectivity index (χ0n) is 10.2. The van der Waals surface area contributed by atoms with Crippen LogP contribution in [0.5, 0.6) is 17.2 Å². The molecule has 3 nitrogen and oxygen atoms in total. The van der Waals surface area contributed by atoms with Crippen LogP contribution in [0, 0.1) is 5.82 Å². The van der Waals surface area contributed by atoms with Crippen molar-refractivity contribution in [2.45, 2.75) is 6.36 Å². The average molecular weight is 366 g/mol. The number of benzene rings is 2. The van der Waals surface area contributed by atoms with Gasteiger partial charge in [0.05, 0.1) is 10.2 Å². The third-order valence-electron chi connectivity index (χ3n) is 2.33. The van der Waals surface area contributed by atoms with Gasteiger partial charge >= 0.3 is 6.36 Å². The maximum atomic E-state index is 12.9. The Morgan fingerprint density at radius 1 is 1.00 bits per heavy atom. The topological polar surface area (TPSA) is 44.5 Å². The summed E-state index contributed by atoms with van der Waals surface area (Å²) in [4.78, 5) is 0. The Morgan fingerprint density at radius 3 is 2.24 bits per heavy atom. The summed E-state index contributed by atoms with van der Waals surface area (Å²) in [6.45, 7) is 0. The van der Waals surface area contributed by atoms with Crippen molar-refractivity contribution in [2.24, 2.45) is 0 Å². The molecule has 0 unspecified atom stereocenters. The molecule has 0 saturated carbocycles. The SMILES string of the molecule is Nc1cc(F)ccc1Oc1ccc(OC(F)(F)F)c(Br)c1. The number of nitrogens with two attached hydrogens (primary N) is 1. The Morgan fingerprint density at radius 2 is 1.67 bits per heavy atom. The lowest BCUT2D eigenvalue weighted by Gasteiger charge is -2.12. The van der Waals surface area contributed by atoms with Gasteiger partial charge in [-0.2, -0.15) is 0 Å². The zero-order valence-corrected chi connectivity index (χ0v) is 11.8. The van der Waals surface area contributed by atoms with Gasteiger partial charge in [0.1, 0.15) is 17.3 Å². The van der Waals surface area contributed by atoms with Crippen LogP contribution in [-0.4, -0.2) is 6.36 Å². The molecule has 0 aliphatic carbocycles. The summed E-state index contributed by atoms with van der Waals surface area (Å²) in [5.41, 5.74) is 5.64. The Bertz CT molecular complexity index is 661. The van der Waals surface area contributed by atoms with Crippen molar-refractivity contribution in [1.29, 1.82) is 0 Å². The highest BCUT2D eigenvalue weighted by molar-refractivity contribution is 9.10. The van der Waals surface area contributed by atoms with Gasteiger partial charge < -0.3 is 15.2 Å². The first-order chi connectivity index (χ1) is 9.74. The fraction of sp³-hybridized carbons (Fsp3) is 0.0769. The third kappa shape index (κ3) is 4.25. The number of hydrogen-bond donors (Lipinski definition) is 1. The summed E-state index contributed by atoms with van der Waals surface area (Å²) in [5.74, 6) is -0.514. The predicted octanol–water partition coefficient (Wildman–Crippen LogP) is 4.86. The molecule has 8 heteroatoms. The van der Waals surface area contributed by atoms with Gasteiger partial charge in [-0.3, -0.25) is 0 Å². The fourth-order valence-corrected chi connectivity index (χ4v) is 1.93. The van der Waals surface area contributed by atoms with E-state index in [4.69, 9.17) is 10.5 Å². The van der Waals surface area contributed by atoms with E-state index < -0.39 is 17.9 Å². The summed E-state index contributed by atoms with van der Waals surface area (Å²) in [6.07, 6.45) is -4.79. The number of halogens is 5. The molecule has 0 aliphatic heterocycles. The minimum atomic E-state index is -4.79. The van der Waals surface area contributed by atoms with Gasteiger partial charge in [0.2, 0.25) is 0 Å². The largest absolute Gasteiger partial charge is 0.573 e. The summed E-state index contributed by atoms with van der Waals surface area (Å²) >= 11 is 2.95. The molecular weight excluding hydrogens is 358 g/mol. The van der Waals surface area contributed by atoms with E-state index in [9.17, 15) is 17.6 Å². The van der Waals surface area contributed by atoms with Crippen LogP contribution < -0.4 is 15.2 Å². The minimum absolute atomic E-state index is 0.0537. The molecule has 0 saturated heterocycles. The Balaban J connectivity index is 2.20. The number of rotatable bonds is 3. The molecule has 2 aromatic rings. The second-order valence-corrected chi connectivity index (χ2v) is 4.78. The van der Waals surface area contributed by atoms with Crippen LogP contribution in [0.3, 0.4) is 0 Å². The van der Waals surface area contributed by atoms with Gasteiger partial charge in [-0.25, -0.2) is 4.39 Å². The first-order valence-electron chi connectivity index (χ1n) is 5.53. The van der Waals surface area contributed by atoms with Crippen LogP contribution in [0.1, 0.15) is 0 Å². The maximum absolute atomic E-state index is 12.9. The predicted molar refractivity (Wildman–Crippen MR) is 71.7 cm³/mol. The molecule has 2 aromatic carbocycles. The molecule has 0 heterocycles. The lowest BCUT2D eigenvalue weighted by molar-refractivity contribution is -0.274. The number of hydrogen-bond acceptors (Lipinski definition) is 3. The van der Waals surface area contributed by atoms with Crippen molar-refractivity contribution in [3.63, 3.8) is 0 Å².